The lowest BCUT2D eigenvalue weighted by atomic mass is 9.97. The van der Waals surface area contributed by atoms with Crippen molar-refractivity contribution in [2.24, 2.45) is 0 Å². The first kappa shape index (κ1) is 25.4. The molecule has 0 saturated carbocycles. The summed E-state index contributed by atoms with van der Waals surface area (Å²) < 4.78 is 37.8. The molecule has 4 heterocycles. The number of para-hydroxylation sites is 1. The molecule has 0 bridgehead atoms. The molecule has 12 heteroatoms. The molecule has 0 saturated heterocycles. The average molecular weight is 546 g/mol. The highest BCUT2D eigenvalue weighted by molar-refractivity contribution is 7.88. The number of ether oxygens (including phenoxy) is 2. The summed E-state index contributed by atoms with van der Waals surface area (Å²) in [5, 5.41) is 0.872. The molecule has 2 aliphatic heterocycles. The third-order valence-electron chi connectivity index (χ3n) is 6.76. The molecule has 0 radical (unpaired) electrons. The van der Waals surface area contributed by atoms with E-state index >= 15 is 0 Å². The van der Waals surface area contributed by atoms with Gasteiger partial charge in [0.25, 0.3) is 5.56 Å². The van der Waals surface area contributed by atoms with Gasteiger partial charge in [-0.25, -0.2) is 23.0 Å². The zero-order valence-electron chi connectivity index (χ0n) is 20.4. The molecule has 0 aliphatic carbocycles. The van der Waals surface area contributed by atoms with Gasteiger partial charge in [-0.2, -0.15) is 4.31 Å². The number of carbonyl (C=O) groups excluding carboxylic acids is 2. The molecule has 37 heavy (non-hydrogen) atoms. The van der Waals surface area contributed by atoms with Crippen LogP contribution >= 0.6 is 11.6 Å². The quantitative estimate of drug-likeness (QED) is 0.267. The Kier molecular flexibility index (Phi) is 6.33. The van der Waals surface area contributed by atoms with Gasteiger partial charge in [0, 0.05) is 40.7 Å². The van der Waals surface area contributed by atoms with Gasteiger partial charge in [0.2, 0.25) is 16.1 Å². The van der Waals surface area contributed by atoms with Gasteiger partial charge in [0.15, 0.2) is 0 Å². The van der Waals surface area contributed by atoms with Crippen LogP contribution in [0.1, 0.15) is 42.2 Å². The van der Waals surface area contributed by atoms with Crippen molar-refractivity contribution in [3.8, 4) is 11.4 Å². The average Bonchev–Trinajstić information content (AvgIpc) is 3.18. The van der Waals surface area contributed by atoms with E-state index in [1.807, 2.05) is 38.1 Å². The van der Waals surface area contributed by atoms with E-state index in [2.05, 4.69) is 0 Å². The van der Waals surface area contributed by atoms with Crippen LogP contribution in [0.15, 0.2) is 35.1 Å². The van der Waals surface area contributed by atoms with Gasteiger partial charge >= 0.3 is 11.4 Å². The minimum absolute atomic E-state index is 0.202. The number of rotatable bonds is 6. The number of pyridine rings is 2. The van der Waals surface area contributed by atoms with Gasteiger partial charge in [-0.05, 0) is 38.0 Å². The Bertz CT molecular complexity index is 1630. The number of fused-ring (bicyclic) bond motifs is 5. The number of carbonyl (C=O) groups is 2. The van der Waals surface area contributed by atoms with Gasteiger partial charge in [-0.1, -0.05) is 18.2 Å². The Morgan fingerprint density at radius 3 is 2.68 bits per heavy atom. The van der Waals surface area contributed by atoms with Crippen molar-refractivity contribution in [1.82, 2.24) is 13.9 Å². The van der Waals surface area contributed by atoms with Crippen molar-refractivity contribution in [2.75, 3.05) is 12.8 Å². The van der Waals surface area contributed by atoms with Crippen molar-refractivity contribution in [3.05, 3.63) is 62.9 Å². The fourth-order valence-corrected chi connectivity index (χ4v) is 6.44. The number of esters is 1. The van der Waals surface area contributed by atoms with E-state index in [9.17, 15) is 22.8 Å². The van der Waals surface area contributed by atoms with Crippen LogP contribution in [0.25, 0.3) is 22.3 Å². The standard InChI is InChI=1S/C25H24ClN3O7S/c1-13(2)29(37(3,33)34)9-8-14-15-6-4-5-7-19(15)27-21-17(14)11-28-20(21)10-16-18(23(28)30)12-35-24(31)22(16)36-25(26)32/h4-7,10,13,22H,8-9,11-12H2,1-3H3. The SMILES string of the molecule is CC(C)N(CCc1c2c(nc3ccccc13)-c1cc3c(c(=O)n1C2)COC(=O)C3OC(=O)Cl)S(C)(=O)=O. The summed E-state index contributed by atoms with van der Waals surface area (Å²) >= 11 is 5.37. The van der Waals surface area contributed by atoms with Crippen LogP contribution in [0.5, 0.6) is 0 Å². The molecule has 1 aromatic carbocycles. The predicted octanol–water partition coefficient (Wildman–Crippen LogP) is 3.11. The highest BCUT2D eigenvalue weighted by atomic mass is 35.5. The summed E-state index contributed by atoms with van der Waals surface area (Å²) in [6, 6.07) is 8.92. The van der Waals surface area contributed by atoms with E-state index in [0.29, 0.717) is 23.3 Å². The summed E-state index contributed by atoms with van der Waals surface area (Å²) in [7, 11) is -3.43. The maximum atomic E-state index is 13.5. The number of halogens is 1. The molecule has 1 unspecified atom stereocenters. The first-order valence-corrected chi connectivity index (χ1v) is 13.9. The molecular formula is C25H24ClN3O7S. The monoisotopic (exact) mass is 545 g/mol. The van der Waals surface area contributed by atoms with Crippen LogP contribution in [0.2, 0.25) is 0 Å². The van der Waals surface area contributed by atoms with Crippen LogP contribution in [-0.4, -0.2) is 52.5 Å². The second kappa shape index (κ2) is 9.23. The molecule has 0 N–H and O–H groups in total. The number of aromatic nitrogens is 2. The summed E-state index contributed by atoms with van der Waals surface area (Å²) in [6.07, 6.45) is 0.147. The van der Waals surface area contributed by atoms with E-state index < -0.39 is 27.5 Å². The maximum Gasteiger partial charge on any atom is 0.404 e. The minimum atomic E-state index is -3.43. The molecule has 1 atom stereocenters. The summed E-state index contributed by atoms with van der Waals surface area (Å²) in [4.78, 5) is 42.0. The largest absolute Gasteiger partial charge is 0.458 e. The summed E-state index contributed by atoms with van der Waals surface area (Å²) in [5.41, 5.74) is 2.25. The second-order valence-corrected chi connectivity index (χ2v) is 11.6. The first-order valence-electron chi connectivity index (χ1n) is 11.6. The number of nitrogens with zero attached hydrogens (tertiary/aromatic N) is 3. The number of hydrogen-bond acceptors (Lipinski definition) is 8. The zero-order valence-corrected chi connectivity index (χ0v) is 21.9. The van der Waals surface area contributed by atoms with Gasteiger partial charge in [-0.3, -0.25) is 4.79 Å². The van der Waals surface area contributed by atoms with Crippen LogP contribution in [-0.2, 0) is 43.9 Å². The first-order chi connectivity index (χ1) is 17.5. The van der Waals surface area contributed by atoms with Gasteiger partial charge in [0.1, 0.15) is 6.61 Å². The summed E-state index contributed by atoms with van der Waals surface area (Å²) in [6.45, 7) is 3.88. The molecule has 3 aromatic rings. The van der Waals surface area contributed by atoms with Gasteiger partial charge < -0.3 is 14.0 Å². The minimum Gasteiger partial charge on any atom is -0.458 e. The van der Waals surface area contributed by atoms with Crippen LogP contribution in [0.4, 0.5) is 4.79 Å². The molecule has 194 valence electrons. The lowest BCUT2D eigenvalue weighted by Crippen LogP contribution is -2.37. The lowest BCUT2D eigenvalue weighted by molar-refractivity contribution is -0.157. The third-order valence-corrected chi connectivity index (χ3v) is 8.30. The lowest BCUT2D eigenvalue weighted by Gasteiger charge is -2.24. The Hall–Kier alpha value is -3.28. The Morgan fingerprint density at radius 2 is 2.00 bits per heavy atom. The molecule has 0 amide bonds. The number of sulfonamides is 1. The Balaban J connectivity index is 1.67. The van der Waals surface area contributed by atoms with Crippen molar-refractivity contribution in [1.29, 1.82) is 0 Å². The van der Waals surface area contributed by atoms with Crippen LogP contribution in [0.3, 0.4) is 0 Å². The number of cyclic esters (lactones) is 1. The topological polar surface area (TPSA) is 125 Å². The smallest absolute Gasteiger partial charge is 0.404 e. The van der Waals surface area contributed by atoms with Crippen molar-refractivity contribution in [3.63, 3.8) is 0 Å². The number of hydrogen-bond donors (Lipinski definition) is 0. The normalized spacial score (nSPS) is 16.5. The van der Waals surface area contributed by atoms with E-state index in [1.54, 1.807) is 10.6 Å². The number of benzene rings is 1. The third kappa shape index (κ3) is 4.41. The Morgan fingerprint density at radius 1 is 1.27 bits per heavy atom. The van der Waals surface area contributed by atoms with Crippen molar-refractivity contribution >= 4 is 43.9 Å². The molecule has 0 spiro atoms. The molecule has 2 aromatic heterocycles. The summed E-state index contributed by atoms with van der Waals surface area (Å²) in [5.74, 6) is -0.814. The Labute approximate surface area is 217 Å². The maximum absolute atomic E-state index is 13.5. The van der Waals surface area contributed by atoms with Gasteiger partial charge in [-0.15, -0.1) is 0 Å². The van der Waals surface area contributed by atoms with E-state index in [-0.39, 0.29) is 42.4 Å². The fraction of sp³-hybridized carbons (Fsp3) is 0.360. The van der Waals surface area contributed by atoms with Crippen LogP contribution < -0.4 is 5.56 Å². The van der Waals surface area contributed by atoms with Crippen LogP contribution in [0, 0.1) is 0 Å². The highest BCUT2D eigenvalue weighted by Crippen LogP contribution is 2.38. The van der Waals surface area contributed by atoms with E-state index in [1.165, 1.54) is 10.6 Å². The molecule has 0 fully saturated rings. The molecule has 5 rings (SSSR count). The molecular weight excluding hydrogens is 522 g/mol. The van der Waals surface area contributed by atoms with E-state index in [0.717, 1.165) is 16.5 Å². The van der Waals surface area contributed by atoms with Crippen molar-refractivity contribution in [2.45, 2.75) is 45.6 Å². The van der Waals surface area contributed by atoms with Gasteiger partial charge in [0.05, 0.1) is 35.3 Å². The molecule has 2 aliphatic rings. The fourth-order valence-electron chi connectivity index (χ4n) is 5.17. The van der Waals surface area contributed by atoms with Crippen molar-refractivity contribution < 1.29 is 27.5 Å². The second-order valence-electron chi connectivity index (χ2n) is 9.35. The zero-order chi connectivity index (χ0) is 26.6. The highest BCUT2D eigenvalue weighted by Gasteiger charge is 2.38. The van der Waals surface area contributed by atoms with E-state index in [4.69, 9.17) is 26.1 Å². The molecule has 10 nitrogen and oxygen atoms in total. The predicted molar refractivity (Wildman–Crippen MR) is 136 cm³/mol.